The Kier molecular flexibility index (Phi) is 4.18. The SMILES string of the molecule is C#Cc1cccc(NC(=O)c2ccc(C(F)(F)F)nc2C)c1. The maximum atomic E-state index is 12.5. The number of benzene rings is 1. The summed E-state index contributed by atoms with van der Waals surface area (Å²) in [5.41, 5.74) is 0.0789. The number of alkyl halides is 3. The van der Waals surface area contributed by atoms with Crippen LogP contribution in [0.25, 0.3) is 0 Å². The molecule has 0 bridgehead atoms. The highest BCUT2D eigenvalue weighted by Gasteiger charge is 2.33. The molecule has 0 atom stereocenters. The number of hydrogen-bond acceptors (Lipinski definition) is 2. The van der Waals surface area contributed by atoms with Gasteiger partial charge in [-0.25, -0.2) is 4.98 Å². The number of nitrogens with zero attached hydrogens (tertiary/aromatic N) is 1. The molecule has 6 heteroatoms. The second kappa shape index (κ2) is 5.90. The van der Waals surface area contributed by atoms with Gasteiger partial charge < -0.3 is 5.32 Å². The van der Waals surface area contributed by atoms with Crippen molar-refractivity contribution < 1.29 is 18.0 Å². The zero-order chi connectivity index (χ0) is 16.3. The first-order chi connectivity index (χ1) is 10.3. The molecule has 0 aliphatic carbocycles. The van der Waals surface area contributed by atoms with E-state index in [1.165, 1.54) is 6.92 Å². The van der Waals surface area contributed by atoms with Gasteiger partial charge in [0.25, 0.3) is 5.91 Å². The molecule has 0 aliphatic rings. The van der Waals surface area contributed by atoms with E-state index in [0.717, 1.165) is 12.1 Å². The predicted octanol–water partition coefficient (Wildman–Crippen LogP) is 3.64. The average molecular weight is 304 g/mol. The Labute approximate surface area is 125 Å². The van der Waals surface area contributed by atoms with Gasteiger partial charge in [0.1, 0.15) is 5.69 Å². The molecule has 22 heavy (non-hydrogen) atoms. The van der Waals surface area contributed by atoms with Crippen LogP contribution in [0.4, 0.5) is 18.9 Å². The summed E-state index contributed by atoms with van der Waals surface area (Å²) in [6.45, 7) is 1.35. The van der Waals surface area contributed by atoms with Gasteiger partial charge >= 0.3 is 6.18 Å². The Bertz CT molecular complexity index is 761. The van der Waals surface area contributed by atoms with E-state index in [1.807, 2.05) is 0 Å². The van der Waals surface area contributed by atoms with E-state index in [2.05, 4.69) is 16.2 Å². The molecule has 1 aromatic carbocycles. The molecule has 0 unspecified atom stereocenters. The molecule has 0 spiro atoms. The van der Waals surface area contributed by atoms with Gasteiger partial charge in [0.2, 0.25) is 0 Å². The van der Waals surface area contributed by atoms with E-state index in [-0.39, 0.29) is 11.3 Å². The van der Waals surface area contributed by atoms with Gasteiger partial charge in [-0.3, -0.25) is 4.79 Å². The maximum Gasteiger partial charge on any atom is 0.433 e. The van der Waals surface area contributed by atoms with Crippen LogP contribution in [0.15, 0.2) is 36.4 Å². The minimum absolute atomic E-state index is 0.000398. The van der Waals surface area contributed by atoms with E-state index < -0.39 is 17.8 Å². The molecule has 0 aliphatic heterocycles. The molecular formula is C16H11F3N2O. The first-order valence-corrected chi connectivity index (χ1v) is 6.24. The fourth-order valence-corrected chi connectivity index (χ4v) is 1.84. The third kappa shape index (κ3) is 3.44. The summed E-state index contributed by atoms with van der Waals surface area (Å²) in [5, 5.41) is 2.58. The zero-order valence-corrected chi connectivity index (χ0v) is 11.5. The van der Waals surface area contributed by atoms with E-state index in [0.29, 0.717) is 11.3 Å². The molecule has 0 fully saturated rings. The maximum absolute atomic E-state index is 12.5. The minimum atomic E-state index is -4.54. The molecule has 2 rings (SSSR count). The first-order valence-electron chi connectivity index (χ1n) is 6.24. The molecule has 1 aromatic heterocycles. The molecule has 1 heterocycles. The Hall–Kier alpha value is -2.81. The molecule has 1 N–H and O–H groups in total. The summed E-state index contributed by atoms with van der Waals surface area (Å²) in [6, 6.07) is 8.46. The number of amides is 1. The van der Waals surface area contributed by atoms with Gasteiger partial charge in [0.15, 0.2) is 0 Å². The van der Waals surface area contributed by atoms with Crippen molar-refractivity contribution in [3.63, 3.8) is 0 Å². The molecule has 0 saturated heterocycles. The Balaban J connectivity index is 2.25. The number of aromatic nitrogens is 1. The number of halogens is 3. The van der Waals surface area contributed by atoms with Gasteiger partial charge in [-0.05, 0) is 37.3 Å². The van der Waals surface area contributed by atoms with Gasteiger partial charge in [-0.15, -0.1) is 6.42 Å². The average Bonchev–Trinajstić information content (AvgIpc) is 2.46. The number of rotatable bonds is 2. The fourth-order valence-electron chi connectivity index (χ4n) is 1.84. The van der Waals surface area contributed by atoms with Gasteiger partial charge in [-0.2, -0.15) is 13.2 Å². The summed E-state index contributed by atoms with van der Waals surface area (Å²) in [5.74, 6) is 1.88. The number of carbonyl (C=O) groups excluding carboxylic acids is 1. The van der Waals surface area contributed by atoms with Crippen molar-refractivity contribution in [2.45, 2.75) is 13.1 Å². The van der Waals surface area contributed by atoms with Crippen molar-refractivity contribution in [1.82, 2.24) is 4.98 Å². The van der Waals surface area contributed by atoms with Crippen LogP contribution in [0.3, 0.4) is 0 Å². The largest absolute Gasteiger partial charge is 0.433 e. The van der Waals surface area contributed by atoms with E-state index in [1.54, 1.807) is 24.3 Å². The zero-order valence-electron chi connectivity index (χ0n) is 11.5. The molecule has 0 radical (unpaired) electrons. The lowest BCUT2D eigenvalue weighted by molar-refractivity contribution is -0.141. The standard InChI is InChI=1S/C16H11F3N2O/c1-3-11-5-4-6-12(9-11)21-15(22)13-7-8-14(16(17,18)19)20-10(13)2/h1,4-9H,2H3,(H,21,22). The number of anilines is 1. The van der Waals surface area contributed by atoms with Crippen LogP contribution in [0.1, 0.15) is 27.3 Å². The summed E-state index contributed by atoms with van der Waals surface area (Å²) in [6.07, 6.45) is 0.722. The lowest BCUT2D eigenvalue weighted by atomic mass is 10.1. The monoisotopic (exact) mass is 304 g/mol. The molecule has 0 saturated carbocycles. The van der Waals surface area contributed by atoms with E-state index in [9.17, 15) is 18.0 Å². The second-order valence-electron chi connectivity index (χ2n) is 4.51. The highest BCUT2D eigenvalue weighted by Crippen LogP contribution is 2.28. The number of carbonyl (C=O) groups is 1. The highest BCUT2D eigenvalue weighted by molar-refractivity contribution is 6.05. The second-order valence-corrected chi connectivity index (χ2v) is 4.51. The van der Waals surface area contributed by atoms with Crippen LogP contribution >= 0.6 is 0 Å². The number of terminal acetylenes is 1. The third-order valence-corrected chi connectivity index (χ3v) is 2.91. The highest BCUT2D eigenvalue weighted by atomic mass is 19.4. The van der Waals surface area contributed by atoms with Crippen molar-refractivity contribution in [2.24, 2.45) is 0 Å². The van der Waals surface area contributed by atoms with Crippen LogP contribution < -0.4 is 5.32 Å². The normalized spacial score (nSPS) is 10.9. The summed E-state index contributed by atoms with van der Waals surface area (Å²) < 4.78 is 37.6. The third-order valence-electron chi connectivity index (χ3n) is 2.91. The lowest BCUT2D eigenvalue weighted by Crippen LogP contribution is -2.16. The van der Waals surface area contributed by atoms with Crippen LogP contribution in [0, 0.1) is 19.3 Å². The minimum Gasteiger partial charge on any atom is -0.322 e. The molecule has 3 nitrogen and oxygen atoms in total. The number of pyridine rings is 1. The van der Waals surface area contributed by atoms with E-state index in [4.69, 9.17) is 6.42 Å². The first kappa shape index (κ1) is 15.6. The Morgan fingerprint density at radius 1 is 1.27 bits per heavy atom. The van der Waals surface area contributed by atoms with Crippen molar-refractivity contribution in [3.8, 4) is 12.3 Å². The lowest BCUT2D eigenvalue weighted by Gasteiger charge is -2.10. The number of aryl methyl sites for hydroxylation is 1. The molecular weight excluding hydrogens is 293 g/mol. The fraction of sp³-hybridized carbons (Fsp3) is 0.125. The predicted molar refractivity (Wildman–Crippen MR) is 76.3 cm³/mol. The van der Waals surface area contributed by atoms with Crippen molar-refractivity contribution in [1.29, 1.82) is 0 Å². The van der Waals surface area contributed by atoms with Crippen molar-refractivity contribution in [3.05, 3.63) is 58.9 Å². The number of hydrogen-bond donors (Lipinski definition) is 1. The molecule has 1 amide bonds. The van der Waals surface area contributed by atoms with Crippen LogP contribution in [0.2, 0.25) is 0 Å². The van der Waals surface area contributed by atoms with Crippen LogP contribution in [-0.4, -0.2) is 10.9 Å². The summed E-state index contributed by atoms with van der Waals surface area (Å²) >= 11 is 0. The molecule has 112 valence electrons. The summed E-state index contributed by atoms with van der Waals surface area (Å²) in [7, 11) is 0. The number of nitrogens with one attached hydrogen (secondary N) is 1. The Morgan fingerprint density at radius 2 is 2.00 bits per heavy atom. The van der Waals surface area contributed by atoms with Crippen LogP contribution in [-0.2, 0) is 6.18 Å². The van der Waals surface area contributed by atoms with Gasteiger partial charge in [0, 0.05) is 11.3 Å². The van der Waals surface area contributed by atoms with Gasteiger partial charge in [-0.1, -0.05) is 12.0 Å². The Morgan fingerprint density at radius 3 is 2.59 bits per heavy atom. The molecule has 2 aromatic rings. The van der Waals surface area contributed by atoms with Crippen molar-refractivity contribution >= 4 is 11.6 Å². The van der Waals surface area contributed by atoms with Crippen LogP contribution in [0.5, 0.6) is 0 Å². The van der Waals surface area contributed by atoms with Gasteiger partial charge in [0.05, 0.1) is 11.3 Å². The topological polar surface area (TPSA) is 42.0 Å². The van der Waals surface area contributed by atoms with E-state index >= 15 is 0 Å². The smallest absolute Gasteiger partial charge is 0.322 e. The quantitative estimate of drug-likeness (QED) is 0.861. The summed E-state index contributed by atoms with van der Waals surface area (Å²) in [4.78, 5) is 15.5. The van der Waals surface area contributed by atoms with Crippen molar-refractivity contribution in [2.75, 3.05) is 5.32 Å².